The standard InChI is InChI=1S/C10H14OS2/c1-7-4-9(6-13-7)10(11)8-2-3-12-5-8/h4,6,8,10-11H,2-3,5H2,1H3. The Labute approximate surface area is 87.2 Å². The molecule has 2 heterocycles. The lowest BCUT2D eigenvalue weighted by atomic mass is 9.97. The summed E-state index contributed by atoms with van der Waals surface area (Å²) >= 11 is 3.68. The summed E-state index contributed by atoms with van der Waals surface area (Å²) in [6.45, 7) is 2.09. The van der Waals surface area contributed by atoms with E-state index in [-0.39, 0.29) is 6.10 Å². The Bertz CT molecular complexity index is 276. The van der Waals surface area contributed by atoms with Crippen LogP contribution >= 0.6 is 23.1 Å². The highest BCUT2D eigenvalue weighted by atomic mass is 32.2. The monoisotopic (exact) mass is 214 g/mol. The van der Waals surface area contributed by atoms with Gasteiger partial charge >= 0.3 is 0 Å². The molecule has 1 saturated heterocycles. The third-order valence-corrected chi connectivity index (χ3v) is 4.57. The first-order chi connectivity index (χ1) is 6.27. The minimum Gasteiger partial charge on any atom is -0.388 e. The maximum Gasteiger partial charge on any atom is 0.0834 e. The van der Waals surface area contributed by atoms with E-state index < -0.39 is 0 Å². The number of thiophene rings is 1. The topological polar surface area (TPSA) is 20.2 Å². The number of hydrogen-bond acceptors (Lipinski definition) is 3. The lowest BCUT2D eigenvalue weighted by Gasteiger charge is -2.15. The Morgan fingerprint density at radius 1 is 1.62 bits per heavy atom. The quantitative estimate of drug-likeness (QED) is 0.817. The van der Waals surface area contributed by atoms with E-state index in [2.05, 4.69) is 18.4 Å². The predicted molar refractivity (Wildman–Crippen MR) is 59.4 cm³/mol. The van der Waals surface area contributed by atoms with Crippen molar-refractivity contribution in [2.75, 3.05) is 11.5 Å². The van der Waals surface area contributed by atoms with E-state index in [0.29, 0.717) is 5.92 Å². The van der Waals surface area contributed by atoms with E-state index in [1.165, 1.54) is 17.1 Å². The highest BCUT2D eigenvalue weighted by Gasteiger charge is 2.25. The molecule has 1 aliphatic rings. The van der Waals surface area contributed by atoms with Gasteiger partial charge in [-0.3, -0.25) is 0 Å². The molecule has 1 aliphatic heterocycles. The molecule has 0 aliphatic carbocycles. The molecule has 0 saturated carbocycles. The van der Waals surface area contributed by atoms with Crippen molar-refractivity contribution < 1.29 is 5.11 Å². The van der Waals surface area contributed by atoms with Gasteiger partial charge in [0, 0.05) is 4.88 Å². The van der Waals surface area contributed by atoms with Gasteiger partial charge in [0.05, 0.1) is 6.10 Å². The molecule has 1 aromatic rings. The van der Waals surface area contributed by atoms with Crippen LogP contribution in [0.4, 0.5) is 0 Å². The summed E-state index contributed by atoms with van der Waals surface area (Å²) in [7, 11) is 0. The van der Waals surface area contributed by atoms with Gasteiger partial charge in [-0.05, 0) is 47.8 Å². The first-order valence-electron chi connectivity index (χ1n) is 4.58. The van der Waals surface area contributed by atoms with E-state index >= 15 is 0 Å². The van der Waals surface area contributed by atoms with Gasteiger partial charge < -0.3 is 5.11 Å². The smallest absolute Gasteiger partial charge is 0.0834 e. The number of aliphatic hydroxyl groups excluding tert-OH is 1. The van der Waals surface area contributed by atoms with Crippen molar-refractivity contribution in [1.82, 2.24) is 0 Å². The Kier molecular flexibility index (Phi) is 2.96. The van der Waals surface area contributed by atoms with E-state index in [1.54, 1.807) is 11.3 Å². The van der Waals surface area contributed by atoms with Crippen LogP contribution in [0.3, 0.4) is 0 Å². The van der Waals surface area contributed by atoms with Gasteiger partial charge in [-0.25, -0.2) is 0 Å². The van der Waals surface area contributed by atoms with E-state index in [0.717, 1.165) is 11.3 Å². The molecule has 0 radical (unpaired) electrons. The average molecular weight is 214 g/mol. The van der Waals surface area contributed by atoms with Gasteiger partial charge in [0.1, 0.15) is 0 Å². The fourth-order valence-electron chi connectivity index (χ4n) is 1.69. The highest BCUT2D eigenvalue weighted by Crippen LogP contribution is 2.35. The van der Waals surface area contributed by atoms with Crippen LogP contribution in [-0.2, 0) is 0 Å². The van der Waals surface area contributed by atoms with Crippen LogP contribution in [0.2, 0.25) is 0 Å². The first kappa shape index (κ1) is 9.56. The summed E-state index contributed by atoms with van der Waals surface area (Å²) in [6, 6.07) is 2.11. The van der Waals surface area contributed by atoms with Crippen LogP contribution in [0.1, 0.15) is 23.0 Å². The molecule has 2 atom stereocenters. The van der Waals surface area contributed by atoms with Crippen LogP contribution < -0.4 is 0 Å². The van der Waals surface area contributed by atoms with Crippen molar-refractivity contribution in [3.8, 4) is 0 Å². The lowest BCUT2D eigenvalue weighted by Crippen LogP contribution is -2.10. The van der Waals surface area contributed by atoms with Gasteiger partial charge in [0.2, 0.25) is 0 Å². The number of thioether (sulfide) groups is 1. The van der Waals surface area contributed by atoms with E-state index in [1.807, 2.05) is 11.8 Å². The molecule has 0 bridgehead atoms. The summed E-state index contributed by atoms with van der Waals surface area (Å²) in [4.78, 5) is 1.29. The molecular formula is C10H14OS2. The summed E-state index contributed by atoms with van der Waals surface area (Å²) < 4.78 is 0. The zero-order valence-corrected chi connectivity index (χ0v) is 9.33. The van der Waals surface area contributed by atoms with Crippen molar-refractivity contribution in [2.24, 2.45) is 5.92 Å². The van der Waals surface area contributed by atoms with Gasteiger partial charge in [0.25, 0.3) is 0 Å². The Morgan fingerprint density at radius 2 is 2.46 bits per heavy atom. The molecule has 0 amide bonds. The van der Waals surface area contributed by atoms with Crippen molar-refractivity contribution in [1.29, 1.82) is 0 Å². The van der Waals surface area contributed by atoms with Crippen molar-refractivity contribution in [2.45, 2.75) is 19.4 Å². The largest absolute Gasteiger partial charge is 0.388 e. The van der Waals surface area contributed by atoms with E-state index in [4.69, 9.17) is 0 Å². The van der Waals surface area contributed by atoms with Crippen LogP contribution in [-0.4, -0.2) is 16.6 Å². The summed E-state index contributed by atoms with van der Waals surface area (Å²) in [5.41, 5.74) is 1.12. The average Bonchev–Trinajstić information content (AvgIpc) is 2.72. The van der Waals surface area contributed by atoms with Gasteiger partial charge in [-0.2, -0.15) is 11.8 Å². The fourth-order valence-corrected chi connectivity index (χ4v) is 3.71. The second-order valence-electron chi connectivity index (χ2n) is 3.56. The number of aliphatic hydroxyl groups is 1. The van der Waals surface area contributed by atoms with Gasteiger partial charge in [0.15, 0.2) is 0 Å². The second kappa shape index (κ2) is 4.03. The molecule has 2 unspecified atom stereocenters. The number of aryl methyl sites for hydroxylation is 1. The fraction of sp³-hybridized carbons (Fsp3) is 0.600. The van der Waals surface area contributed by atoms with Crippen molar-refractivity contribution >= 4 is 23.1 Å². The first-order valence-corrected chi connectivity index (χ1v) is 6.61. The van der Waals surface area contributed by atoms with Crippen LogP contribution in [0.15, 0.2) is 11.4 Å². The highest BCUT2D eigenvalue weighted by molar-refractivity contribution is 7.99. The van der Waals surface area contributed by atoms with Gasteiger partial charge in [-0.15, -0.1) is 11.3 Å². The molecule has 0 spiro atoms. The summed E-state index contributed by atoms with van der Waals surface area (Å²) in [6.07, 6.45) is 0.945. The van der Waals surface area contributed by atoms with Crippen molar-refractivity contribution in [3.05, 3.63) is 21.9 Å². The van der Waals surface area contributed by atoms with Crippen LogP contribution in [0.25, 0.3) is 0 Å². The third kappa shape index (κ3) is 2.09. The Balaban J connectivity index is 2.07. The third-order valence-electron chi connectivity index (χ3n) is 2.50. The van der Waals surface area contributed by atoms with Crippen molar-refractivity contribution in [3.63, 3.8) is 0 Å². The predicted octanol–water partition coefficient (Wildman–Crippen LogP) is 2.84. The molecule has 0 aromatic carbocycles. The Morgan fingerprint density at radius 3 is 3.00 bits per heavy atom. The Hall–Kier alpha value is 0.01000. The van der Waals surface area contributed by atoms with Crippen LogP contribution in [0, 0.1) is 12.8 Å². The molecule has 2 rings (SSSR count). The SMILES string of the molecule is Cc1cc(C(O)C2CCSC2)cs1. The summed E-state index contributed by atoms with van der Waals surface area (Å²) in [5, 5.41) is 12.1. The molecule has 1 nitrogen and oxygen atoms in total. The normalized spacial score (nSPS) is 24.9. The zero-order chi connectivity index (χ0) is 9.26. The molecule has 1 N–H and O–H groups in total. The lowest BCUT2D eigenvalue weighted by molar-refractivity contribution is 0.122. The number of hydrogen-bond donors (Lipinski definition) is 1. The number of rotatable bonds is 2. The van der Waals surface area contributed by atoms with Gasteiger partial charge in [-0.1, -0.05) is 0 Å². The zero-order valence-electron chi connectivity index (χ0n) is 7.69. The molecule has 13 heavy (non-hydrogen) atoms. The maximum absolute atomic E-state index is 10.0. The maximum atomic E-state index is 10.0. The van der Waals surface area contributed by atoms with E-state index in [9.17, 15) is 5.11 Å². The molecular weight excluding hydrogens is 200 g/mol. The summed E-state index contributed by atoms with van der Waals surface area (Å²) in [5.74, 6) is 2.82. The van der Waals surface area contributed by atoms with Crippen LogP contribution in [0.5, 0.6) is 0 Å². The molecule has 1 aromatic heterocycles. The minimum absolute atomic E-state index is 0.222. The molecule has 3 heteroatoms. The minimum atomic E-state index is -0.222. The molecule has 1 fully saturated rings. The second-order valence-corrected chi connectivity index (χ2v) is 5.82. The molecule has 72 valence electrons.